The molecule has 1 fully saturated rings. The summed E-state index contributed by atoms with van der Waals surface area (Å²) in [5.74, 6) is 0.533. The lowest BCUT2D eigenvalue weighted by Crippen LogP contribution is -2.49. The van der Waals surface area contributed by atoms with Crippen LogP contribution in [0.15, 0.2) is 41.9 Å². The molecule has 1 heterocycles. The van der Waals surface area contributed by atoms with Crippen molar-refractivity contribution in [1.29, 1.82) is 0 Å². The molecule has 1 aliphatic rings. The average molecular weight is 300 g/mol. The molecule has 2 nitrogen and oxygen atoms in total. The van der Waals surface area contributed by atoms with Gasteiger partial charge in [0.1, 0.15) is 5.01 Å². The van der Waals surface area contributed by atoms with Crippen molar-refractivity contribution < 1.29 is 0 Å². The summed E-state index contributed by atoms with van der Waals surface area (Å²) in [5, 5.41) is 7.26. The Morgan fingerprint density at radius 1 is 1.29 bits per heavy atom. The molecule has 112 valence electrons. The van der Waals surface area contributed by atoms with Crippen LogP contribution >= 0.6 is 11.3 Å². The van der Waals surface area contributed by atoms with E-state index in [9.17, 15) is 0 Å². The first-order valence-electron chi connectivity index (χ1n) is 8.07. The van der Waals surface area contributed by atoms with Gasteiger partial charge in [-0.3, -0.25) is 0 Å². The molecular formula is C18H24N2S. The van der Waals surface area contributed by atoms with E-state index in [-0.39, 0.29) is 5.54 Å². The summed E-state index contributed by atoms with van der Waals surface area (Å²) in [6.07, 6.45) is 8.17. The van der Waals surface area contributed by atoms with Gasteiger partial charge < -0.3 is 5.32 Å². The first-order chi connectivity index (χ1) is 10.4. The van der Waals surface area contributed by atoms with Gasteiger partial charge in [-0.1, -0.05) is 50.1 Å². The molecule has 1 aromatic heterocycles. The fraction of sp³-hybridized carbons (Fsp3) is 0.500. The van der Waals surface area contributed by atoms with E-state index >= 15 is 0 Å². The number of hydrogen-bond donors (Lipinski definition) is 1. The Balaban J connectivity index is 2.01. The van der Waals surface area contributed by atoms with Gasteiger partial charge >= 0.3 is 0 Å². The molecule has 0 aliphatic heterocycles. The lowest BCUT2D eigenvalue weighted by Gasteiger charge is -2.44. The van der Waals surface area contributed by atoms with Gasteiger partial charge in [-0.15, -0.1) is 11.3 Å². The number of nitrogens with one attached hydrogen (secondary N) is 1. The van der Waals surface area contributed by atoms with Crippen molar-refractivity contribution in [1.82, 2.24) is 10.3 Å². The third-order valence-electron chi connectivity index (χ3n) is 4.62. The van der Waals surface area contributed by atoms with Crippen molar-refractivity contribution in [2.24, 2.45) is 0 Å². The maximum Gasteiger partial charge on any atom is 0.113 e. The minimum atomic E-state index is 0.0315. The molecule has 0 amide bonds. The molecule has 0 spiro atoms. The number of rotatable bonds is 5. The van der Waals surface area contributed by atoms with Gasteiger partial charge in [0.05, 0.1) is 5.54 Å². The number of nitrogens with zero attached hydrogens (tertiary/aromatic N) is 1. The van der Waals surface area contributed by atoms with Crippen molar-refractivity contribution in [3.63, 3.8) is 0 Å². The lowest BCUT2D eigenvalue weighted by molar-refractivity contribution is 0.194. The molecule has 2 aromatic rings. The quantitative estimate of drug-likeness (QED) is 0.866. The zero-order chi connectivity index (χ0) is 14.5. The molecule has 0 saturated heterocycles. The van der Waals surface area contributed by atoms with Crippen LogP contribution < -0.4 is 5.32 Å². The van der Waals surface area contributed by atoms with E-state index in [4.69, 9.17) is 4.98 Å². The highest BCUT2D eigenvalue weighted by Crippen LogP contribution is 2.47. The van der Waals surface area contributed by atoms with E-state index in [1.807, 2.05) is 6.20 Å². The molecule has 0 radical (unpaired) electrons. The summed E-state index contributed by atoms with van der Waals surface area (Å²) < 4.78 is 0. The molecule has 21 heavy (non-hydrogen) atoms. The minimum Gasteiger partial charge on any atom is -0.305 e. The molecule has 1 N–H and O–H groups in total. The van der Waals surface area contributed by atoms with Crippen molar-refractivity contribution >= 4 is 11.3 Å². The summed E-state index contributed by atoms with van der Waals surface area (Å²) in [4.78, 5) is 4.70. The zero-order valence-electron chi connectivity index (χ0n) is 12.7. The van der Waals surface area contributed by atoms with Crippen molar-refractivity contribution in [2.75, 3.05) is 6.54 Å². The Hall–Kier alpha value is -1.19. The van der Waals surface area contributed by atoms with Crippen molar-refractivity contribution in [3.8, 4) is 0 Å². The van der Waals surface area contributed by atoms with Crippen LogP contribution in [0.3, 0.4) is 0 Å². The molecule has 2 atom stereocenters. The van der Waals surface area contributed by atoms with Crippen LogP contribution in [0.4, 0.5) is 0 Å². The van der Waals surface area contributed by atoms with Crippen LogP contribution in [0.25, 0.3) is 0 Å². The molecule has 1 aromatic carbocycles. The molecule has 3 heteroatoms. The zero-order valence-corrected chi connectivity index (χ0v) is 13.5. The van der Waals surface area contributed by atoms with Gasteiger partial charge in [-0.25, -0.2) is 4.98 Å². The molecular weight excluding hydrogens is 276 g/mol. The van der Waals surface area contributed by atoms with Gasteiger partial charge in [0.2, 0.25) is 0 Å². The third-order valence-corrected chi connectivity index (χ3v) is 5.57. The summed E-state index contributed by atoms with van der Waals surface area (Å²) in [6.45, 7) is 3.30. The van der Waals surface area contributed by atoms with E-state index in [2.05, 4.69) is 48.0 Å². The Morgan fingerprint density at radius 3 is 2.86 bits per heavy atom. The first-order valence-corrected chi connectivity index (χ1v) is 8.95. The minimum absolute atomic E-state index is 0.0315. The smallest absolute Gasteiger partial charge is 0.113 e. The second kappa shape index (κ2) is 6.71. The van der Waals surface area contributed by atoms with Crippen LogP contribution in [0.5, 0.6) is 0 Å². The van der Waals surface area contributed by atoms with Gasteiger partial charge in [0.25, 0.3) is 0 Å². The standard InChI is InChI=1S/C18H24N2S/c1-2-12-20-18(17-19-13-14-21-17)11-7-6-10-16(18)15-8-4-3-5-9-15/h3-5,8-9,13-14,16,20H,2,6-7,10-12H2,1H3. The molecule has 1 saturated carbocycles. The van der Waals surface area contributed by atoms with Gasteiger partial charge in [0.15, 0.2) is 0 Å². The maximum atomic E-state index is 4.70. The van der Waals surface area contributed by atoms with E-state index in [0.717, 1.165) is 13.0 Å². The first kappa shape index (κ1) is 14.7. The normalized spacial score (nSPS) is 25.9. The Morgan fingerprint density at radius 2 is 2.14 bits per heavy atom. The Bertz CT molecular complexity index is 538. The largest absolute Gasteiger partial charge is 0.305 e. The van der Waals surface area contributed by atoms with Crippen molar-refractivity contribution in [3.05, 3.63) is 52.5 Å². The van der Waals surface area contributed by atoms with Crippen LogP contribution in [0.2, 0.25) is 0 Å². The second-order valence-corrected chi connectivity index (χ2v) is 6.84. The summed E-state index contributed by atoms with van der Waals surface area (Å²) >= 11 is 1.80. The van der Waals surface area contributed by atoms with Gasteiger partial charge in [0, 0.05) is 17.5 Å². The van der Waals surface area contributed by atoms with E-state index < -0.39 is 0 Å². The topological polar surface area (TPSA) is 24.9 Å². The predicted molar refractivity (Wildman–Crippen MR) is 89.7 cm³/mol. The van der Waals surface area contributed by atoms with Crippen LogP contribution in [-0.4, -0.2) is 11.5 Å². The maximum absolute atomic E-state index is 4.70. The van der Waals surface area contributed by atoms with Crippen LogP contribution in [-0.2, 0) is 5.54 Å². The van der Waals surface area contributed by atoms with Crippen molar-refractivity contribution in [2.45, 2.75) is 50.5 Å². The summed E-state index contributed by atoms with van der Waals surface area (Å²) in [7, 11) is 0. The second-order valence-electron chi connectivity index (χ2n) is 5.94. The highest BCUT2D eigenvalue weighted by atomic mass is 32.1. The third kappa shape index (κ3) is 2.90. The average Bonchev–Trinajstić information content (AvgIpc) is 3.09. The Kier molecular flexibility index (Phi) is 4.71. The van der Waals surface area contributed by atoms with Crippen LogP contribution in [0.1, 0.15) is 55.5 Å². The number of aromatic nitrogens is 1. The predicted octanol–water partition coefficient (Wildman–Crippen LogP) is 4.70. The van der Waals surface area contributed by atoms with Gasteiger partial charge in [-0.2, -0.15) is 0 Å². The van der Waals surface area contributed by atoms with E-state index in [1.165, 1.54) is 36.3 Å². The molecule has 3 rings (SSSR count). The molecule has 2 unspecified atom stereocenters. The van der Waals surface area contributed by atoms with Gasteiger partial charge in [-0.05, 0) is 31.4 Å². The fourth-order valence-electron chi connectivity index (χ4n) is 3.64. The van der Waals surface area contributed by atoms with E-state index in [1.54, 1.807) is 11.3 Å². The summed E-state index contributed by atoms with van der Waals surface area (Å²) in [6, 6.07) is 11.0. The number of thiazole rings is 1. The SMILES string of the molecule is CCCNC1(c2nccs2)CCCCC1c1ccccc1. The highest BCUT2D eigenvalue weighted by molar-refractivity contribution is 7.09. The highest BCUT2D eigenvalue weighted by Gasteiger charge is 2.44. The number of hydrogen-bond acceptors (Lipinski definition) is 3. The molecule has 0 bridgehead atoms. The molecule has 1 aliphatic carbocycles. The fourth-order valence-corrected chi connectivity index (χ4v) is 4.54. The Labute approximate surface area is 131 Å². The van der Waals surface area contributed by atoms with Crippen LogP contribution in [0, 0.1) is 0 Å². The lowest BCUT2D eigenvalue weighted by atomic mass is 9.69. The monoisotopic (exact) mass is 300 g/mol. The summed E-state index contributed by atoms with van der Waals surface area (Å²) in [5.41, 5.74) is 1.49. The van der Waals surface area contributed by atoms with E-state index in [0.29, 0.717) is 5.92 Å². The number of benzene rings is 1.